The van der Waals surface area contributed by atoms with Crippen LogP contribution in [0.2, 0.25) is 0 Å². The van der Waals surface area contributed by atoms with Crippen molar-refractivity contribution in [2.75, 3.05) is 4.90 Å². The van der Waals surface area contributed by atoms with Gasteiger partial charge in [-0.2, -0.15) is 0 Å². The van der Waals surface area contributed by atoms with Crippen molar-refractivity contribution in [3.8, 4) is 0 Å². The summed E-state index contributed by atoms with van der Waals surface area (Å²) in [4.78, 5) is 25.1. The molecule has 5 rings (SSSR count). The Morgan fingerprint density at radius 1 is 1.33 bits per heavy atom. The van der Waals surface area contributed by atoms with E-state index >= 15 is 0 Å². The minimum Gasteiger partial charge on any atom is -0.361 e. The molecule has 1 aliphatic heterocycles. The van der Waals surface area contributed by atoms with Crippen molar-refractivity contribution in [3.63, 3.8) is 0 Å². The molecule has 2 aliphatic rings. The van der Waals surface area contributed by atoms with Crippen LogP contribution in [0.15, 0.2) is 29.1 Å². The number of fused-ring (bicyclic) bond motifs is 4. The maximum absolute atomic E-state index is 12.6. The molecule has 1 aromatic carbocycles. The first-order valence-corrected chi connectivity index (χ1v) is 9.40. The molecule has 0 unspecified atom stereocenters. The molecular weight excluding hydrogens is 318 g/mol. The molecule has 0 amide bonds. The van der Waals surface area contributed by atoms with E-state index in [1.165, 1.54) is 28.1 Å². The van der Waals surface area contributed by atoms with Gasteiger partial charge in [0.25, 0.3) is 5.56 Å². The van der Waals surface area contributed by atoms with Crippen molar-refractivity contribution >= 4 is 27.2 Å². The van der Waals surface area contributed by atoms with E-state index in [9.17, 15) is 4.79 Å². The maximum atomic E-state index is 12.6. The number of benzene rings is 1. The lowest BCUT2D eigenvalue weighted by atomic mass is 10.1. The van der Waals surface area contributed by atoms with Crippen molar-refractivity contribution in [2.45, 2.75) is 45.2 Å². The topological polar surface area (TPSA) is 49.0 Å². The summed E-state index contributed by atoms with van der Waals surface area (Å²) in [6, 6.07) is 8.95. The average molecular weight is 337 g/mol. The highest BCUT2D eigenvalue weighted by atomic mass is 32.1. The fourth-order valence-corrected chi connectivity index (χ4v) is 5.43. The predicted octanol–water partition coefficient (Wildman–Crippen LogP) is 3.42. The SMILES string of the molecule is C[C@@H]1Cc2ccccc2N1Cc1nc2sc3c(c2c(=O)[nH]1)CCC3. The first-order valence-electron chi connectivity index (χ1n) is 8.58. The largest absolute Gasteiger partial charge is 0.361 e. The van der Waals surface area contributed by atoms with Crippen LogP contribution in [0.5, 0.6) is 0 Å². The van der Waals surface area contributed by atoms with Gasteiger partial charge in [0.2, 0.25) is 0 Å². The third-order valence-corrected chi connectivity index (χ3v) is 6.48. The van der Waals surface area contributed by atoms with Gasteiger partial charge in [-0.1, -0.05) is 18.2 Å². The van der Waals surface area contributed by atoms with Gasteiger partial charge >= 0.3 is 0 Å². The Bertz CT molecular complexity index is 1000. The monoisotopic (exact) mass is 337 g/mol. The molecule has 5 heteroatoms. The van der Waals surface area contributed by atoms with Gasteiger partial charge in [-0.3, -0.25) is 4.79 Å². The van der Waals surface area contributed by atoms with Crippen LogP contribution in [0.4, 0.5) is 5.69 Å². The number of H-pyrrole nitrogens is 1. The molecule has 1 aliphatic carbocycles. The molecule has 24 heavy (non-hydrogen) atoms. The molecule has 0 saturated carbocycles. The molecule has 1 N–H and O–H groups in total. The van der Waals surface area contributed by atoms with Crippen LogP contribution in [0.25, 0.3) is 10.2 Å². The van der Waals surface area contributed by atoms with Crippen LogP contribution < -0.4 is 10.5 Å². The Labute approximate surface area is 144 Å². The van der Waals surface area contributed by atoms with Crippen LogP contribution in [-0.2, 0) is 25.8 Å². The van der Waals surface area contributed by atoms with Gasteiger partial charge in [-0.15, -0.1) is 11.3 Å². The summed E-state index contributed by atoms with van der Waals surface area (Å²) in [6.07, 6.45) is 4.34. The van der Waals surface area contributed by atoms with Gasteiger partial charge < -0.3 is 9.88 Å². The smallest absolute Gasteiger partial charge is 0.259 e. The van der Waals surface area contributed by atoms with Crippen molar-refractivity contribution < 1.29 is 0 Å². The molecule has 0 fully saturated rings. The normalized spacial score (nSPS) is 19.0. The van der Waals surface area contributed by atoms with Crippen molar-refractivity contribution in [3.05, 3.63) is 56.4 Å². The highest BCUT2D eigenvalue weighted by Gasteiger charge is 2.27. The lowest BCUT2D eigenvalue weighted by Gasteiger charge is -2.24. The zero-order valence-corrected chi connectivity index (χ0v) is 14.4. The number of para-hydroxylation sites is 1. The van der Waals surface area contributed by atoms with E-state index in [0.29, 0.717) is 12.6 Å². The van der Waals surface area contributed by atoms with Gasteiger partial charge in [0.05, 0.1) is 11.9 Å². The fourth-order valence-electron chi connectivity index (χ4n) is 4.15. The molecule has 2 aromatic heterocycles. The molecule has 0 radical (unpaired) electrons. The van der Waals surface area contributed by atoms with Crippen LogP contribution in [0.3, 0.4) is 0 Å². The number of aromatic nitrogens is 2. The molecule has 0 bridgehead atoms. The second kappa shape index (κ2) is 5.18. The van der Waals surface area contributed by atoms with Crippen molar-refractivity contribution in [1.82, 2.24) is 9.97 Å². The summed E-state index contributed by atoms with van der Waals surface area (Å²) >= 11 is 1.71. The highest BCUT2D eigenvalue weighted by Crippen LogP contribution is 2.35. The average Bonchev–Trinajstić information content (AvgIpc) is 3.21. The lowest BCUT2D eigenvalue weighted by molar-refractivity contribution is 0.655. The number of hydrogen-bond acceptors (Lipinski definition) is 4. The molecule has 0 spiro atoms. The van der Waals surface area contributed by atoms with E-state index < -0.39 is 0 Å². The van der Waals surface area contributed by atoms with Gasteiger partial charge in [0.1, 0.15) is 10.7 Å². The van der Waals surface area contributed by atoms with E-state index in [0.717, 1.165) is 35.3 Å². The predicted molar refractivity (Wildman–Crippen MR) is 98.1 cm³/mol. The lowest BCUT2D eigenvalue weighted by Crippen LogP contribution is -2.30. The van der Waals surface area contributed by atoms with Crippen LogP contribution >= 0.6 is 11.3 Å². The summed E-state index contributed by atoms with van der Waals surface area (Å²) in [6.45, 7) is 2.89. The zero-order valence-electron chi connectivity index (χ0n) is 13.6. The minimum absolute atomic E-state index is 0.0366. The quantitative estimate of drug-likeness (QED) is 0.779. The van der Waals surface area contributed by atoms with Gasteiger partial charge in [0.15, 0.2) is 0 Å². The minimum atomic E-state index is 0.0366. The number of thiophene rings is 1. The number of hydrogen-bond donors (Lipinski definition) is 1. The Balaban J connectivity index is 1.55. The second-order valence-corrected chi connectivity index (χ2v) is 7.94. The number of aromatic amines is 1. The summed E-state index contributed by atoms with van der Waals surface area (Å²) in [5, 5.41) is 0.839. The number of aryl methyl sites for hydroxylation is 2. The number of rotatable bonds is 2. The van der Waals surface area contributed by atoms with Crippen molar-refractivity contribution in [1.29, 1.82) is 0 Å². The second-order valence-electron chi connectivity index (χ2n) is 6.86. The third kappa shape index (κ3) is 2.04. The summed E-state index contributed by atoms with van der Waals surface area (Å²) < 4.78 is 0. The van der Waals surface area contributed by atoms with Gasteiger partial charge in [0, 0.05) is 16.6 Å². The number of nitrogens with one attached hydrogen (secondary N) is 1. The van der Waals surface area contributed by atoms with Gasteiger partial charge in [-0.05, 0) is 49.8 Å². The highest BCUT2D eigenvalue weighted by molar-refractivity contribution is 7.18. The standard InChI is InChI=1S/C19H19N3OS/c1-11-9-12-5-2-3-7-14(12)22(11)10-16-20-18(23)17-13-6-4-8-15(13)24-19(17)21-16/h2-3,5,7,11H,4,6,8-10H2,1H3,(H,20,21,23)/t11-/m1/s1. The molecule has 122 valence electrons. The molecule has 0 saturated heterocycles. The Morgan fingerprint density at radius 3 is 3.12 bits per heavy atom. The van der Waals surface area contributed by atoms with Gasteiger partial charge in [-0.25, -0.2) is 4.98 Å². The number of anilines is 1. The van der Waals surface area contributed by atoms with E-state index in [1.54, 1.807) is 11.3 Å². The molecular formula is C19H19N3OS. The van der Waals surface area contributed by atoms with E-state index in [2.05, 4.69) is 41.1 Å². The van der Waals surface area contributed by atoms with Crippen LogP contribution in [-0.4, -0.2) is 16.0 Å². The Morgan fingerprint density at radius 2 is 2.21 bits per heavy atom. The van der Waals surface area contributed by atoms with E-state index in [1.807, 2.05) is 0 Å². The first kappa shape index (κ1) is 14.2. The van der Waals surface area contributed by atoms with E-state index in [-0.39, 0.29) is 5.56 Å². The zero-order chi connectivity index (χ0) is 16.3. The van der Waals surface area contributed by atoms with E-state index in [4.69, 9.17) is 4.98 Å². The number of nitrogens with zero attached hydrogens (tertiary/aromatic N) is 2. The molecule has 3 aromatic rings. The van der Waals surface area contributed by atoms with Crippen LogP contribution in [0, 0.1) is 0 Å². The first-order chi connectivity index (χ1) is 11.7. The third-order valence-electron chi connectivity index (χ3n) is 5.29. The Hall–Kier alpha value is -2.14. The fraction of sp³-hybridized carbons (Fsp3) is 0.368. The molecule has 3 heterocycles. The Kier molecular flexibility index (Phi) is 3.07. The molecule has 1 atom stereocenters. The maximum Gasteiger partial charge on any atom is 0.259 e. The summed E-state index contributed by atoms with van der Waals surface area (Å²) in [5.41, 5.74) is 3.93. The summed E-state index contributed by atoms with van der Waals surface area (Å²) in [5.74, 6) is 0.774. The molecule has 4 nitrogen and oxygen atoms in total. The summed E-state index contributed by atoms with van der Waals surface area (Å²) in [7, 11) is 0. The van der Waals surface area contributed by atoms with Crippen LogP contribution in [0.1, 0.15) is 35.2 Å². The van der Waals surface area contributed by atoms with Crippen molar-refractivity contribution in [2.24, 2.45) is 0 Å².